The van der Waals surface area contributed by atoms with Crippen molar-refractivity contribution >= 4 is 5.91 Å². The SMILES string of the molecule is CCC(CC)C(O)CNC(=O)CCN. The molecular formula is C10H22N2O2. The lowest BCUT2D eigenvalue weighted by Gasteiger charge is -2.20. The third kappa shape index (κ3) is 5.19. The van der Waals surface area contributed by atoms with E-state index in [0.29, 0.717) is 19.5 Å². The Kier molecular flexibility index (Phi) is 7.42. The van der Waals surface area contributed by atoms with E-state index in [1.807, 2.05) is 13.8 Å². The maximum absolute atomic E-state index is 11.0. The molecule has 0 heterocycles. The van der Waals surface area contributed by atoms with Gasteiger partial charge < -0.3 is 16.2 Å². The first kappa shape index (κ1) is 13.4. The summed E-state index contributed by atoms with van der Waals surface area (Å²) < 4.78 is 0. The van der Waals surface area contributed by atoms with E-state index in [4.69, 9.17) is 5.73 Å². The molecule has 0 fully saturated rings. The van der Waals surface area contributed by atoms with Crippen LogP contribution in [0, 0.1) is 5.92 Å². The molecule has 0 aromatic heterocycles. The fourth-order valence-corrected chi connectivity index (χ4v) is 1.44. The van der Waals surface area contributed by atoms with E-state index in [0.717, 1.165) is 12.8 Å². The van der Waals surface area contributed by atoms with E-state index >= 15 is 0 Å². The van der Waals surface area contributed by atoms with Crippen LogP contribution in [0.2, 0.25) is 0 Å². The molecule has 4 heteroatoms. The maximum atomic E-state index is 11.0. The van der Waals surface area contributed by atoms with Crippen LogP contribution in [0.15, 0.2) is 0 Å². The summed E-state index contributed by atoms with van der Waals surface area (Å²) in [4.78, 5) is 11.0. The normalized spacial score (nSPS) is 12.9. The summed E-state index contributed by atoms with van der Waals surface area (Å²) in [6.45, 7) is 4.77. The zero-order valence-electron chi connectivity index (χ0n) is 9.12. The average Bonchev–Trinajstić information content (AvgIpc) is 2.17. The Bertz CT molecular complexity index is 158. The molecule has 0 bridgehead atoms. The van der Waals surface area contributed by atoms with E-state index in [-0.39, 0.29) is 11.8 Å². The summed E-state index contributed by atoms with van der Waals surface area (Å²) in [5.74, 6) is 0.186. The molecule has 0 aliphatic carbocycles. The molecule has 0 aromatic rings. The Hall–Kier alpha value is -0.610. The van der Waals surface area contributed by atoms with E-state index in [1.54, 1.807) is 0 Å². The lowest BCUT2D eigenvalue weighted by Crippen LogP contribution is -2.36. The van der Waals surface area contributed by atoms with Gasteiger partial charge in [-0.3, -0.25) is 4.79 Å². The predicted octanol–water partition coefficient (Wildman–Crippen LogP) is 0.249. The van der Waals surface area contributed by atoms with Crippen LogP contribution in [-0.2, 0) is 4.79 Å². The molecule has 4 N–H and O–H groups in total. The molecule has 84 valence electrons. The number of aliphatic hydroxyl groups excluding tert-OH is 1. The van der Waals surface area contributed by atoms with Crippen LogP contribution in [0.1, 0.15) is 33.1 Å². The quantitative estimate of drug-likeness (QED) is 0.554. The third-order valence-corrected chi connectivity index (χ3v) is 2.47. The highest BCUT2D eigenvalue weighted by Gasteiger charge is 2.15. The Balaban J connectivity index is 3.71. The van der Waals surface area contributed by atoms with Gasteiger partial charge in [-0.1, -0.05) is 26.7 Å². The minimum Gasteiger partial charge on any atom is -0.391 e. The van der Waals surface area contributed by atoms with E-state index in [1.165, 1.54) is 0 Å². The summed E-state index contributed by atoms with van der Waals surface area (Å²) in [6.07, 6.45) is 1.76. The Morgan fingerprint density at radius 1 is 1.43 bits per heavy atom. The number of aliphatic hydroxyl groups is 1. The van der Waals surface area contributed by atoms with Gasteiger partial charge in [-0.15, -0.1) is 0 Å². The summed E-state index contributed by atoms with van der Waals surface area (Å²) in [6, 6.07) is 0. The van der Waals surface area contributed by atoms with Gasteiger partial charge in [-0.05, 0) is 5.92 Å². The van der Waals surface area contributed by atoms with Crippen molar-refractivity contribution in [3.05, 3.63) is 0 Å². The van der Waals surface area contributed by atoms with E-state index < -0.39 is 6.10 Å². The van der Waals surface area contributed by atoms with Crippen molar-refractivity contribution in [1.82, 2.24) is 5.32 Å². The van der Waals surface area contributed by atoms with Gasteiger partial charge >= 0.3 is 0 Å². The van der Waals surface area contributed by atoms with Crippen LogP contribution in [0.5, 0.6) is 0 Å². The molecule has 14 heavy (non-hydrogen) atoms. The molecular weight excluding hydrogens is 180 g/mol. The minimum atomic E-state index is -0.438. The van der Waals surface area contributed by atoms with Crippen LogP contribution >= 0.6 is 0 Å². The van der Waals surface area contributed by atoms with Crippen molar-refractivity contribution in [3.63, 3.8) is 0 Å². The predicted molar refractivity (Wildman–Crippen MR) is 56.8 cm³/mol. The van der Waals surface area contributed by atoms with Gasteiger partial charge in [-0.25, -0.2) is 0 Å². The summed E-state index contributed by atoms with van der Waals surface area (Å²) in [7, 11) is 0. The Morgan fingerprint density at radius 2 is 2.00 bits per heavy atom. The van der Waals surface area contributed by atoms with Gasteiger partial charge in [0, 0.05) is 19.5 Å². The number of carbonyl (C=O) groups is 1. The number of rotatable bonds is 7. The molecule has 0 aliphatic rings. The van der Waals surface area contributed by atoms with Crippen LogP contribution in [0.4, 0.5) is 0 Å². The van der Waals surface area contributed by atoms with Crippen LogP contribution in [-0.4, -0.2) is 30.2 Å². The molecule has 0 saturated carbocycles. The second-order valence-electron chi connectivity index (χ2n) is 3.49. The van der Waals surface area contributed by atoms with Crippen LogP contribution in [0.25, 0.3) is 0 Å². The van der Waals surface area contributed by atoms with Crippen molar-refractivity contribution in [1.29, 1.82) is 0 Å². The van der Waals surface area contributed by atoms with Crippen molar-refractivity contribution in [2.45, 2.75) is 39.2 Å². The maximum Gasteiger partial charge on any atom is 0.221 e. The average molecular weight is 202 g/mol. The van der Waals surface area contributed by atoms with Gasteiger partial charge in [0.15, 0.2) is 0 Å². The van der Waals surface area contributed by atoms with Crippen molar-refractivity contribution in [2.75, 3.05) is 13.1 Å². The lowest BCUT2D eigenvalue weighted by molar-refractivity contribution is -0.121. The second-order valence-corrected chi connectivity index (χ2v) is 3.49. The fraction of sp³-hybridized carbons (Fsp3) is 0.900. The molecule has 0 spiro atoms. The monoisotopic (exact) mass is 202 g/mol. The first-order chi connectivity index (χ1) is 6.65. The Morgan fingerprint density at radius 3 is 2.43 bits per heavy atom. The number of nitrogens with one attached hydrogen (secondary N) is 1. The van der Waals surface area contributed by atoms with E-state index in [9.17, 15) is 9.90 Å². The highest BCUT2D eigenvalue weighted by Crippen LogP contribution is 2.11. The second kappa shape index (κ2) is 7.76. The van der Waals surface area contributed by atoms with E-state index in [2.05, 4.69) is 5.32 Å². The number of hydrogen-bond acceptors (Lipinski definition) is 3. The smallest absolute Gasteiger partial charge is 0.221 e. The van der Waals surface area contributed by atoms with Crippen molar-refractivity contribution < 1.29 is 9.90 Å². The number of hydrogen-bond donors (Lipinski definition) is 3. The third-order valence-electron chi connectivity index (χ3n) is 2.47. The van der Waals surface area contributed by atoms with Crippen LogP contribution < -0.4 is 11.1 Å². The van der Waals surface area contributed by atoms with Gasteiger partial charge in [0.25, 0.3) is 0 Å². The highest BCUT2D eigenvalue weighted by molar-refractivity contribution is 5.76. The molecule has 1 unspecified atom stereocenters. The first-order valence-corrected chi connectivity index (χ1v) is 5.30. The zero-order valence-corrected chi connectivity index (χ0v) is 9.12. The van der Waals surface area contributed by atoms with Gasteiger partial charge in [0.1, 0.15) is 0 Å². The molecule has 1 amide bonds. The molecule has 0 aromatic carbocycles. The Labute approximate surface area is 85.9 Å². The number of amides is 1. The van der Waals surface area contributed by atoms with Crippen molar-refractivity contribution in [3.8, 4) is 0 Å². The summed E-state index contributed by atoms with van der Waals surface area (Å²) in [5.41, 5.74) is 5.22. The first-order valence-electron chi connectivity index (χ1n) is 5.30. The fourth-order valence-electron chi connectivity index (χ4n) is 1.44. The van der Waals surface area contributed by atoms with Crippen molar-refractivity contribution in [2.24, 2.45) is 11.7 Å². The lowest BCUT2D eigenvalue weighted by atomic mass is 9.96. The van der Waals surface area contributed by atoms with Crippen LogP contribution in [0.3, 0.4) is 0 Å². The molecule has 1 atom stereocenters. The molecule has 0 radical (unpaired) electrons. The summed E-state index contributed by atoms with van der Waals surface area (Å²) >= 11 is 0. The van der Waals surface area contributed by atoms with Gasteiger partial charge in [-0.2, -0.15) is 0 Å². The molecule has 0 saturated heterocycles. The topological polar surface area (TPSA) is 75.3 Å². The molecule has 0 aliphatic heterocycles. The zero-order chi connectivity index (χ0) is 11.0. The standard InChI is InChI=1S/C10H22N2O2/c1-3-8(4-2)9(13)7-12-10(14)5-6-11/h8-9,13H,3-7,11H2,1-2H3,(H,12,14). The largest absolute Gasteiger partial charge is 0.391 e. The highest BCUT2D eigenvalue weighted by atomic mass is 16.3. The number of carbonyl (C=O) groups excluding carboxylic acids is 1. The summed E-state index contributed by atoms with van der Waals surface area (Å²) in [5, 5.41) is 12.3. The molecule has 4 nitrogen and oxygen atoms in total. The van der Waals surface area contributed by atoms with Gasteiger partial charge in [0.2, 0.25) is 5.91 Å². The minimum absolute atomic E-state index is 0.0856. The molecule has 0 rings (SSSR count). The number of nitrogens with two attached hydrogens (primary N) is 1. The van der Waals surface area contributed by atoms with Gasteiger partial charge in [0.05, 0.1) is 6.10 Å².